The van der Waals surface area contributed by atoms with E-state index in [2.05, 4.69) is 27.4 Å². The Balaban J connectivity index is 1.55. The molecule has 2 aliphatic rings. The van der Waals surface area contributed by atoms with E-state index in [1.807, 2.05) is 6.07 Å². The number of anilines is 1. The van der Waals surface area contributed by atoms with Gasteiger partial charge < -0.3 is 4.74 Å². The smallest absolute Gasteiger partial charge is 0.274 e. The average molecular weight is 381 g/mol. The molecule has 8 heteroatoms. The number of hydrogen-bond acceptors (Lipinski definition) is 5. The largest absolute Gasteiger partial charge is 0.379 e. The van der Waals surface area contributed by atoms with Crippen molar-refractivity contribution in [1.29, 1.82) is 0 Å². The Morgan fingerprint density at radius 3 is 2.68 bits per heavy atom. The molecule has 2 aromatic heterocycles. The topological polar surface area (TPSA) is 64.0 Å². The molecular weight excluding hydrogens is 358 g/mol. The van der Waals surface area contributed by atoms with Crippen molar-refractivity contribution in [2.45, 2.75) is 23.8 Å². The van der Waals surface area contributed by atoms with Gasteiger partial charge in [-0.05, 0) is 30.4 Å². The molecule has 4 heterocycles. The van der Waals surface area contributed by atoms with Crippen LogP contribution in [0.2, 0.25) is 0 Å². The van der Waals surface area contributed by atoms with Crippen LogP contribution in [0.15, 0.2) is 40.7 Å². The van der Waals surface area contributed by atoms with Crippen LogP contribution >= 0.6 is 11.3 Å². The first-order chi connectivity index (χ1) is 12.2. The molecule has 2 aromatic rings. The quantitative estimate of drug-likeness (QED) is 0.813. The molecule has 2 fully saturated rings. The van der Waals surface area contributed by atoms with Crippen LogP contribution in [0.4, 0.5) is 5.82 Å². The van der Waals surface area contributed by atoms with E-state index in [4.69, 9.17) is 4.74 Å². The lowest BCUT2D eigenvalue weighted by Gasteiger charge is -2.25. The van der Waals surface area contributed by atoms with Crippen LogP contribution in [-0.4, -0.2) is 45.6 Å². The number of nitrogens with zero attached hydrogens (tertiary/aromatic N) is 2. The van der Waals surface area contributed by atoms with Crippen molar-refractivity contribution < 1.29 is 18.1 Å². The molecule has 1 atom stereocenters. The number of ether oxygens (including phenoxy) is 1. The molecule has 25 heavy (non-hydrogen) atoms. The Morgan fingerprint density at radius 2 is 2.00 bits per heavy atom. The summed E-state index contributed by atoms with van der Waals surface area (Å²) in [4.78, 5) is 7.21. The van der Waals surface area contributed by atoms with Gasteiger partial charge in [0.25, 0.3) is 5.82 Å². The molecular formula is C17H22N3O3S2+. The van der Waals surface area contributed by atoms with Crippen molar-refractivity contribution in [3.05, 3.63) is 40.7 Å². The summed E-state index contributed by atoms with van der Waals surface area (Å²) >= 11 is 1.77. The lowest BCUT2D eigenvalue weighted by atomic mass is 10.2. The summed E-state index contributed by atoms with van der Waals surface area (Å²) in [6.45, 7) is 2.72. The third-order valence-corrected chi connectivity index (χ3v) is 7.68. The standard InChI is InChI=1S/C17H21N3O3S2/c21-25(22,19-8-10-23-11-9-19)14-5-6-17(18-13-14)20-7-1-3-15(20)16-4-2-12-24-16/h2,4-6,12-13,15H,1,3,7-11H2/p+1/t15-/m1/s1. The molecule has 4 rings (SSSR count). The molecule has 0 aliphatic carbocycles. The Kier molecular flexibility index (Phi) is 4.77. The number of rotatable bonds is 4. The average Bonchev–Trinajstić information content (AvgIpc) is 3.34. The predicted octanol–water partition coefficient (Wildman–Crippen LogP) is 1.92. The Hall–Kier alpha value is -1.48. The number of sulfonamides is 1. The van der Waals surface area contributed by atoms with Gasteiger partial charge in [-0.1, -0.05) is 6.07 Å². The highest BCUT2D eigenvalue weighted by atomic mass is 32.2. The summed E-state index contributed by atoms with van der Waals surface area (Å²) in [5.41, 5.74) is 0. The maximum Gasteiger partial charge on any atom is 0.274 e. The fraction of sp³-hybridized carbons (Fsp3) is 0.471. The monoisotopic (exact) mass is 380 g/mol. The first-order valence-electron chi connectivity index (χ1n) is 8.56. The maximum atomic E-state index is 12.7. The first kappa shape index (κ1) is 17.0. The summed E-state index contributed by atoms with van der Waals surface area (Å²) in [5, 5.41) is 2.10. The summed E-state index contributed by atoms with van der Waals surface area (Å²) in [6, 6.07) is 8.22. The highest BCUT2D eigenvalue weighted by Gasteiger charge is 2.34. The van der Waals surface area contributed by atoms with Gasteiger partial charge in [-0.2, -0.15) is 4.31 Å². The highest BCUT2D eigenvalue weighted by molar-refractivity contribution is 7.89. The number of H-pyrrole nitrogens is 1. The van der Waals surface area contributed by atoms with E-state index in [-0.39, 0.29) is 0 Å². The van der Waals surface area contributed by atoms with Gasteiger partial charge in [0, 0.05) is 24.0 Å². The Bertz CT molecular complexity index is 800. The maximum absolute atomic E-state index is 12.7. The number of thiophene rings is 1. The van der Waals surface area contributed by atoms with Gasteiger partial charge in [-0.25, -0.2) is 13.4 Å². The van der Waals surface area contributed by atoms with E-state index in [9.17, 15) is 8.42 Å². The van der Waals surface area contributed by atoms with Gasteiger partial charge in [0.1, 0.15) is 17.1 Å². The van der Waals surface area contributed by atoms with Gasteiger partial charge >= 0.3 is 0 Å². The van der Waals surface area contributed by atoms with Crippen LogP contribution in [0, 0.1) is 0 Å². The van der Waals surface area contributed by atoms with Crippen molar-refractivity contribution in [2.75, 3.05) is 37.7 Å². The van der Waals surface area contributed by atoms with Gasteiger partial charge in [0.05, 0.1) is 19.8 Å². The van der Waals surface area contributed by atoms with Gasteiger partial charge in [0.15, 0.2) is 0 Å². The Labute approximate surface area is 152 Å². The number of nitrogens with one attached hydrogen (secondary N) is 1. The van der Waals surface area contributed by atoms with Crippen LogP contribution in [0.1, 0.15) is 23.8 Å². The number of hydrogen-bond donors (Lipinski definition) is 0. The van der Waals surface area contributed by atoms with Crippen molar-refractivity contribution in [2.24, 2.45) is 0 Å². The minimum absolute atomic E-state index is 0.310. The summed E-state index contributed by atoms with van der Waals surface area (Å²) < 4.78 is 32.2. The fourth-order valence-electron chi connectivity index (χ4n) is 3.51. The zero-order valence-electron chi connectivity index (χ0n) is 13.9. The lowest BCUT2D eigenvalue weighted by Crippen LogP contribution is -2.41. The second-order valence-electron chi connectivity index (χ2n) is 6.29. The zero-order chi connectivity index (χ0) is 17.3. The molecule has 1 N–H and O–H groups in total. The van der Waals surface area contributed by atoms with E-state index in [0.29, 0.717) is 37.2 Å². The molecule has 0 spiro atoms. The van der Waals surface area contributed by atoms with Crippen molar-refractivity contribution in [1.82, 2.24) is 4.31 Å². The minimum Gasteiger partial charge on any atom is -0.379 e. The van der Waals surface area contributed by atoms with Crippen LogP contribution in [0.5, 0.6) is 0 Å². The Morgan fingerprint density at radius 1 is 1.16 bits per heavy atom. The normalized spacial score (nSPS) is 22.4. The van der Waals surface area contributed by atoms with Gasteiger partial charge in [-0.3, -0.25) is 4.90 Å². The van der Waals surface area contributed by atoms with Gasteiger partial charge in [-0.15, -0.1) is 11.3 Å². The van der Waals surface area contributed by atoms with E-state index < -0.39 is 10.0 Å². The second-order valence-corrected chi connectivity index (χ2v) is 9.21. The number of morpholine rings is 1. The first-order valence-corrected chi connectivity index (χ1v) is 10.9. The molecule has 0 saturated carbocycles. The summed E-state index contributed by atoms with van der Waals surface area (Å²) in [5.74, 6) is 0.969. The van der Waals surface area contributed by atoms with Crippen LogP contribution < -0.4 is 9.88 Å². The SMILES string of the molecule is O=S(=O)(c1ccc(N2CCC[C@@H]2c2cccs2)[nH+]c1)N1CCOCC1. The van der Waals surface area contributed by atoms with Gasteiger partial charge in [0.2, 0.25) is 10.0 Å². The molecule has 134 valence electrons. The predicted molar refractivity (Wildman–Crippen MR) is 96.2 cm³/mol. The molecule has 0 bridgehead atoms. The second kappa shape index (κ2) is 7.03. The molecule has 0 aromatic carbocycles. The van der Waals surface area contributed by atoms with Crippen molar-refractivity contribution in [3.8, 4) is 0 Å². The van der Waals surface area contributed by atoms with Crippen LogP contribution in [0.25, 0.3) is 0 Å². The van der Waals surface area contributed by atoms with E-state index in [0.717, 1.165) is 25.2 Å². The minimum atomic E-state index is -3.45. The molecule has 0 unspecified atom stereocenters. The number of aromatic amines is 1. The van der Waals surface area contributed by atoms with E-state index >= 15 is 0 Å². The van der Waals surface area contributed by atoms with Crippen LogP contribution in [0.3, 0.4) is 0 Å². The molecule has 0 radical (unpaired) electrons. The third-order valence-electron chi connectivity index (χ3n) is 4.81. The summed E-state index contributed by atoms with van der Waals surface area (Å²) in [6.07, 6.45) is 3.89. The molecule has 6 nitrogen and oxygen atoms in total. The molecule has 2 aliphatic heterocycles. The van der Waals surface area contributed by atoms with E-state index in [1.54, 1.807) is 23.6 Å². The number of aromatic nitrogens is 1. The fourth-order valence-corrected chi connectivity index (χ4v) is 5.76. The van der Waals surface area contributed by atoms with E-state index in [1.165, 1.54) is 9.18 Å². The molecule has 0 amide bonds. The lowest BCUT2D eigenvalue weighted by molar-refractivity contribution is -0.367. The highest BCUT2D eigenvalue weighted by Crippen LogP contribution is 2.36. The third kappa shape index (κ3) is 3.31. The zero-order valence-corrected chi connectivity index (χ0v) is 15.6. The molecule has 2 saturated heterocycles. The van der Waals surface area contributed by atoms with Crippen molar-refractivity contribution >= 4 is 27.2 Å². The number of pyridine rings is 1. The summed E-state index contributed by atoms with van der Waals surface area (Å²) in [7, 11) is -3.45. The van der Waals surface area contributed by atoms with Crippen LogP contribution in [-0.2, 0) is 14.8 Å². The van der Waals surface area contributed by atoms with Crippen molar-refractivity contribution in [3.63, 3.8) is 0 Å².